The summed E-state index contributed by atoms with van der Waals surface area (Å²) in [4.78, 5) is 15.3. The molecule has 146 valence electrons. The lowest BCUT2D eigenvalue weighted by Gasteiger charge is -2.32. The zero-order valence-electron chi connectivity index (χ0n) is 16.0. The molecule has 0 bridgehead atoms. The molecule has 1 aromatic heterocycles. The SMILES string of the molecule is O=C(O)C[C@H](CCCCCCC1=CC=C2CCCNC2N1)c1cccnc1. The molecule has 0 saturated carbocycles. The smallest absolute Gasteiger partial charge is 0.303 e. The third-order valence-electron chi connectivity index (χ3n) is 5.52. The summed E-state index contributed by atoms with van der Waals surface area (Å²) >= 11 is 0. The Hall–Kier alpha value is -2.14. The number of hydrogen-bond acceptors (Lipinski definition) is 4. The Bertz CT molecular complexity index is 669. The second-order valence-electron chi connectivity index (χ2n) is 7.60. The molecule has 1 saturated heterocycles. The van der Waals surface area contributed by atoms with Crippen molar-refractivity contribution in [2.75, 3.05) is 6.54 Å². The molecule has 1 aromatic rings. The van der Waals surface area contributed by atoms with Crippen LogP contribution in [0.2, 0.25) is 0 Å². The lowest BCUT2D eigenvalue weighted by atomic mass is 9.91. The molecule has 2 aliphatic rings. The second kappa shape index (κ2) is 10.3. The average molecular weight is 370 g/mol. The van der Waals surface area contributed by atoms with Gasteiger partial charge in [0.15, 0.2) is 0 Å². The molecule has 5 nitrogen and oxygen atoms in total. The number of hydrogen-bond donors (Lipinski definition) is 3. The maximum Gasteiger partial charge on any atom is 0.303 e. The van der Waals surface area contributed by atoms with Gasteiger partial charge in [0.05, 0.1) is 12.6 Å². The van der Waals surface area contributed by atoms with Crippen molar-refractivity contribution in [2.45, 2.75) is 69.9 Å². The maximum absolute atomic E-state index is 11.2. The fourth-order valence-corrected chi connectivity index (χ4v) is 4.01. The van der Waals surface area contributed by atoms with E-state index >= 15 is 0 Å². The molecule has 27 heavy (non-hydrogen) atoms. The van der Waals surface area contributed by atoms with Crippen LogP contribution in [0.25, 0.3) is 0 Å². The molecule has 0 aliphatic carbocycles. The van der Waals surface area contributed by atoms with E-state index < -0.39 is 5.97 Å². The Balaban J connectivity index is 1.35. The molecule has 0 spiro atoms. The molecule has 1 fully saturated rings. The largest absolute Gasteiger partial charge is 0.481 e. The van der Waals surface area contributed by atoms with Crippen LogP contribution in [-0.2, 0) is 4.79 Å². The number of nitrogens with one attached hydrogen (secondary N) is 2. The number of allylic oxidation sites excluding steroid dienone is 3. The molecule has 3 heterocycles. The zero-order valence-corrected chi connectivity index (χ0v) is 16.0. The predicted molar refractivity (Wildman–Crippen MR) is 107 cm³/mol. The number of dihydropyridines is 1. The summed E-state index contributed by atoms with van der Waals surface area (Å²) < 4.78 is 0. The minimum atomic E-state index is -0.733. The Morgan fingerprint density at radius 2 is 2.15 bits per heavy atom. The number of nitrogens with zero attached hydrogens (tertiary/aromatic N) is 1. The quantitative estimate of drug-likeness (QED) is 0.541. The number of carboxylic acids is 1. The van der Waals surface area contributed by atoms with Crippen molar-refractivity contribution < 1.29 is 9.90 Å². The van der Waals surface area contributed by atoms with E-state index in [1.165, 1.54) is 37.0 Å². The highest BCUT2D eigenvalue weighted by molar-refractivity contribution is 5.68. The van der Waals surface area contributed by atoms with Crippen LogP contribution in [0.5, 0.6) is 0 Å². The lowest BCUT2D eigenvalue weighted by Crippen LogP contribution is -2.47. The second-order valence-corrected chi connectivity index (χ2v) is 7.60. The van der Waals surface area contributed by atoms with E-state index in [1.807, 2.05) is 12.1 Å². The van der Waals surface area contributed by atoms with Gasteiger partial charge in [-0.3, -0.25) is 15.1 Å². The van der Waals surface area contributed by atoms with Crippen LogP contribution in [0.15, 0.2) is 47.9 Å². The molecule has 1 unspecified atom stereocenters. The zero-order chi connectivity index (χ0) is 18.9. The average Bonchev–Trinajstić information content (AvgIpc) is 2.70. The highest BCUT2D eigenvalue weighted by Crippen LogP contribution is 2.26. The molecule has 2 aliphatic heterocycles. The summed E-state index contributed by atoms with van der Waals surface area (Å²) in [6.07, 6.45) is 17.6. The van der Waals surface area contributed by atoms with E-state index in [1.54, 1.807) is 12.4 Å². The lowest BCUT2D eigenvalue weighted by molar-refractivity contribution is -0.137. The molecular formula is C22H31N3O2. The number of carbonyl (C=O) groups is 1. The van der Waals surface area contributed by atoms with E-state index in [9.17, 15) is 4.79 Å². The molecule has 0 amide bonds. The highest BCUT2D eigenvalue weighted by atomic mass is 16.4. The molecular weight excluding hydrogens is 338 g/mol. The Labute approximate surface area is 162 Å². The van der Waals surface area contributed by atoms with Crippen molar-refractivity contribution in [1.82, 2.24) is 15.6 Å². The van der Waals surface area contributed by atoms with E-state index in [2.05, 4.69) is 27.8 Å². The van der Waals surface area contributed by atoms with Crippen LogP contribution in [0.1, 0.15) is 69.3 Å². The summed E-state index contributed by atoms with van der Waals surface area (Å²) in [5.41, 5.74) is 3.85. The van der Waals surface area contributed by atoms with Gasteiger partial charge in [0.25, 0.3) is 0 Å². The minimum Gasteiger partial charge on any atom is -0.481 e. The standard InChI is InChI=1S/C22H31N3O2/c26-21(27)15-18(19-9-5-13-23-16-19)7-3-1-2-4-10-20-12-11-17-8-6-14-24-22(17)25-20/h5,9,11-13,16,18,22,24-25H,1-4,6-8,10,14-15H2,(H,26,27)/t18-,22?/m0/s1. The van der Waals surface area contributed by atoms with Gasteiger partial charge in [-0.2, -0.15) is 0 Å². The minimum absolute atomic E-state index is 0.0693. The van der Waals surface area contributed by atoms with Crippen LogP contribution in [0.4, 0.5) is 0 Å². The first kappa shape index (κ1) is 19.6. The van der Waals surface area contributed by atoms with Crippen LogP contribution >= 0.6 is 0 Å². The molecule has 0 radical (unpaired) electrons. The number of aliphatic carboxylic acids is 1. The van der Waals surface area contributed by atoms with Gasteiger partial charge in [0, 0.05) is 18.1 Å². The number of pyridine rings is 1. The molecule has 0 aromatic carbocycles. The third kappa shape index (κ3) is 6.21. The normalized spacial score (nSPS) is 20.1. The summed E-state index contributed by atoms with van der Waals surface area (Å²) in [5.74, 6) is -0.664. The molecule has 5 heteroatoms. The van der Waals surface area contributed by atoms with Crippen molar-refractivity contribution in [3.05, 3.63) is 53.5 Å². The van der Waals surface area contributed by atoms with Crippen LogP contribution < -0.4 is 10.6 Å². The third-order valence-corrected chi connectivity index (χ3v) is 5.52. The molecule has 3 rings (SSSR count). The van der Waals surface area contributed by atoms with Gasteiger partial charge < -0.3 is 10.4 Å². The highest BCUT2D eigenvalue weighted by Gasteiger charge is 2.20. The fraction of sp³-hybridized carbons (Fsp3) is 0.545. The van der Waals surface area contributed by atoms with Crippen LogP contribution in [0.3, 0.4) is 0 Å². The summed E-state index contributed by atoms with van der Waals surface area (Å²) in [5, 5.41) is 16.3. The Morgan fingerprint density at radius 3 is 2.96 bits per heavy atom. The predicted octanol–water partition coefficient (Wildman–Crippen LogP) is 4.10. The van der Waals surface area contributed by atoms with Crippen molar-refractivity contribution in [3.63, 3.8) is 0 Å². The van der Waals surface area contributed by atoms with Crippen molar-refractivity contribution in [1.29, 1.82) is 0 Å². The molecule has 3 N–H and O–H groups in total. The van der Waals surface area contributed by atoms with Gasteiger partial charge in [0.2, 0.25) is 0 Å². The first-order valence-corrected chi connectivity index (χ1v) is 10.2. The van der Waals surface area contributed by atoms with Gasteiger partial charge in [-0.1, -0.05) is 31.4 Å². The summed E-state index contributed by atoms with van der Waals surface area (Å²) in [7, 11) is 0. The van der Waals surface area contributed by atoms with Crippen LogP contribution in [0, 0.1) is 0 Å². The van der Waals surface area contributed by atoms with Gasteiger partial charge in [-0.25, -0.2) is 0 Å². The first-order chi connectivity index (χ1) is 13.2. The molecule has 2 atom stereocenters. The number of fused-ring (bicyclic) bond motifs is 1. The number of unbranched alkanes of at least 4 members (excludes halogenated alkanes) is 3. The fourth-order valence-electron chi connectivity index (χ4n) is 4.01. The number of aromatic nitrogens is 1. The number of piperidine rings is 1. The van der Waals surface area contributed by atoms with E-state index in [0.29, 0.717) is 6.17 Å². The summed E-state index contributed by atoms with van der Waals surface area (Å²) in [6.45, 7) is 1.09. The topological polar surface area (TPSA) is 74.2 Å². The first-order valence-electron chi connectivity index (χ1n) is 10.2. The van der Waals surface area contributed by atoms with Gasteiger partial charge in [-0.05, 0) is 67.8 Å². The van der Waals surface area contributed by atoms with E-state index in [-0.39, 0.29) is 12.3 Å². The van der Waals surface area contributed by atoms with Gasteiger partial charge in [-0.15, -0.1) is 0 Å². The van der Waals surface area contributed by atoms with Crippen LogP contribution in [-0.4, -0.2) is 28.8 Å². The van der Waals surface area contributed by atoms with Crippen molar-refractivity contribution >= 4 is 5.97 Å². The maximum atomic E-state index is 11.2. The van der Waals surface area contributed by atoms with Crippen molar-refractivity contribution in [3.8, 4) is 0 Å². The summed E-state index contributed by atoms with van der Waals surface area (Å²) in [6, 6.07) is 3.87. The van der Waals surface area contributed by atoms with Gasteiger partial charge in [0.1, 0.15) is 0 Å². The number of carboxylic acid groups (broad SMARTS) is 1. The number of rotatable bonds is 10. The monoisotopic (exact) mass is 369 g/mol. The Kier molecular flexibility index (Phi) is 7.45. The van der Waals surface area contributed by atoms with Crippen molar-refractivity contribution in [2.24, 2.45) is 0 Å². The van der Waals surface area contributed by atoms with E-state index in [0.717, 1.165) is 37.8 Å². The van der Waals surface area contributed by atoms with Gasteiger partial charge >= 0.3 is 5.97 Å². The van der Waals surface area contributed by atoms with E-state index in [4.69, 9.17) is 5.11 Å². The Morgan fingerprint density at radius 1 is 1.26 bits per heavy atom.